The molecule has 0 bridgehead atoms. The zero-order valence-corrected chi connectivity index (χ0v) is 16.6. The molecule has 2 unspecified atom stereocenters. The topological polar surface area (TPSA) is 86.8 Å². The van der Waals surface area contributed by atoms with Gasteiger partial charge in [-0.3, -0.25) is 15.0 Å². The highest BCUT2D eigenvalue weighted by Crippen LogP contribution is 2.31. The maximum absolute atomic E-state index is 13.3. The number of fused-ring (bicyclic) bond motifs is 1. The first-order valence-corrected chi connectivity index (χ1v) is 10.8. The molecule has 2 aliphatic heterocycles. The summed E-state index contributed by atoms with van der Waals surface area (Å²) in [7, 11) is -3.91. The van der Waals surface area contributed by atoms with E-state index in [2.05, 4.69) is 18.1 Å². The molecular formula is C19H19N3O4S2. The van der Waals surface area contributed by atoms with E-state index in [0.29, 0.717) is 0 Å². The second kappa shape index (κ2) is 7.23. The van der Waals surface area contributed by atoms with Crippen LogP contribution in [0.1, 0.15) is 12.8 Å². The number of nitrogens with zero attached hydrogens (tertiary/aromatic N) is 2. The zero-order valence-electron chi connectivity index (χ0n) is 14.9. The lowest BCUT2D eigenvalue weighted by molar-refractivity contribution is -0.141. The Morgan fingerprint density at radius 2 is 1.89 bits per heavy atom. The molecule has 4 rings (SSSR count). The van der Waals surface area contributed by atoms with E-state index >= 15 is 0 Å². The summed E-state index contributed by atoms with van der Waals surface area (Å²) in [5.74, 6) is -0.814. The number of sulfonamides is 1. The van der Waals surface area contributed by atoms with Gasteiger partial charge in [0.05, 0.1) is 4.90 Å². The van der Waals surface area contributed by atoms with Crippen LogP contribution in [0.4, 0.5) is 0 Å². The molecule has 1 fully saturated rings. The van der Waals surface area contributed by atoms with Gasteiger partial charge >= 0.3 is 0 Å². The summed E-state index contributed by atoms with van der Waals surface area (Å²) in [6.07, 6.45) is 3.47. The molecule has 2 aromatic carbocycles. The van der Waals surface area contributed by atoms with E-state index in [9.17, 15) is 18.0 Å². The van der Waals surface area contributed by atoms with Gasteiger partial charge in [0.15, 0.2) is 0 Å². The smallest absolute Gasteiger partial charge is 0.263 e. The first-order chi connectivity index (χ1) is 13.4. The molecule has 7 nitrogen and oxygen atoms in total. The Morgan fingerprint density at radius 1 is 1.14 bits per heavy atom. The molecular weight excluding hydrogens is 398 g/mol. The molecule has 2 amide bonds. The Balaban J connectivity index is 1.68. The van der Waals surface area contributed by atoms with Crippen LogP contribution in [0.3, 0.4) is 0 Å². The van der Waals surface area contributed by atoms with Gasteiger partial charge in [0, 0.05) is 24.4 Å². The van der Waals surface area contributed by atoms with Crippen LogP contribution in [0.25, 0.3) is 10.8 Å². The van der Waals surface area contributed by atoms with Gasteiger partial charge in [-0.15, -0.1) is 0 Å². The first-order valence-electron chi connectivity index (χ1n) is 8.84. The van der Waals surface area contributed by atoms with E-state index in [1.807, 2.05) is 24.3 Å². The maximum atomic E-state index is 13.3. The maximum Gasteiger partial charge on any atom is 0.263 e. The summed E-state index contributed by atoms with van der Waals surface area (Å²) < 4.78 is 27.8. The standard InChI is InChI=1S/C19H19N3O4S2/c23-18-6-3-9-21(20-18)19(24)17-11-15(27)12-22(17)28(25,26)16-8-7-13-4-1-2-5-14(13)10-16/h1-5,7-10,15,17,27H,6,11-12H2,(H,20,23). The molecule has 0 aromatic heterocycles. The van der Waals surface area contributed by atoms with Crippen molar-refractivity contribution in [2.24, 2.45) is 0 Å². The summed E-state index contributed by atoms with van der Waals surface area (Å²) >= 11 is 4.41. The SMILES string of the molecule is O=C1CC=CN(C(=O)C2CC(S)CN2S(=O)(=O)c2ccc3ccccc3c2)N1. The third kappa shape index (κ3) is 3.41. The summed E-state index contributed by atoms with van der Waals surface area (Å²) in [5, 5.41) is 2.53. The van der Waals surface area contributed by atoms with E-state index < -0.39 is 22.0 Å². The molecule has 0 saturated carbocycles. The predicted octanol–water partition coefficient (Wildman–Crippen LogP) is 1.68. The number of nitrogens with one attached hydrogen (secondary N) is 1. The van der Waals surface area contributed by atoms with Gasteiger partial charge in [0.1, 0.15) is 6.04 Å². The number of hydrazine groups is 1. The average molecular weight is 418 g/mol. The lowest BCUT2D eigenvalue weighted by Gasteiger charge is -2.29. The Morgan fingerprint density at radius 3 is 2.64 bits per heavy atom. The molecule has 2 aromatic rings. The Hall–Kier alpha value is -2.36. The Labute approximate surface area is 168 Å². The highest BCUT2D eigenvalue weighted by Gasteiger charge is 2.44. The van der Waals surface area contributed by atoms with Gasteiger partial charge < -0.3 is 0 Å². The van der Waals surface area contributed by atoms with Crippen LogP contribution in [0, 0.1) is 0 Å². The molecule has 2 heterocycles. The first kappa shape index (κ1) is 19.0. The van der Waals surface area contributed by atoms with Crippen molar-refractivity contribution in [3.8, 4) is 0 Å². The number of hydrogen-bond acceptors (Lipinski definition) is 5. The number of benzene rings is 2. The van der Waals surface area contributed by atoms with Crippen molar-refractivity contribution in [1.29, 1.82) is 0 Å². The number of carbonyl (C=O) groups excluding carboxylic acids is 2. The number of amides is 2. The van der Waals surface area contributed by atoms with Crippen LogP contribution in [-0.4, -0.2) is 47.4 Å². The molecule has 0 aliphatic carbocycles. The molecule has 9 heteroatoms. The minimum absolute atomic E-state index is 0.125. The van der Waals surface area contributed by atoms with Crippen molar-refractivity contribution in [3.05, 3.63) is 54.7 Å². The quantitative estimate of drug-likeness (QED) is 0.744. The number of rotatable bonds is 3. The van der Waals surface area contributed by atoms with E-state index in [4.69, 9.17) is 0 Å². The highest BCUT2D eigenvalue weighted by atomic mass is 32.2. The van der Waals surface area contributed by atoms with E-state index in [1.165, 1.54) is 10.5 Å². The third-order valence-electron chi connectivity index (χ3n) is 4.89. The molecule has 28 heavy (non-hydrogen) atoms. The summed E-state index contributed by atoms with van der Waals surface area (Å²) in [5.41, 5.74) is 2.46. The second-order valence-electron chi connectivity index (χ2n) is 6.82. The van der Waals surface area contributed by atoms with Crippen LogP contribution < -0.4 is 5.43 Å². The summed E-state index contributed by atoms with van der Waals surface area (Å²) in [4.78, 5) is 24.6. The van der Waals surface area contributed by atoms with E-state index in [-0.39, 0.29) is 35.4 Å². The zero-order chi connectivity index (χ0) is 19.9. The van der Waals surface area contributed by atoms with Crippen molar-refractivity contribution < 1.29 is 18.0 Å². The van der Waals surface area contributed by atoms with Gasteiger partial charge in [0.2, 0.25) is 15.9 Å². The minimum atomic E-state index is -3.91. The molecule has 1 saturated heterocycles. The summed E-state index contributed by atoms with van der Waals surface area (Å²) in [6, 6.07) is 11.5. The van der Waals surface area contributed by atoms with Crippen molar-refractivity contribution in [1.82, 2.24) is 14.7 Å². The van der Waals surface area contributed by atoms with E-state index in [0.717, 1.165) is 15.8 Å². The fourth-order valence-electron chi connectivity index (χ4n) is 3.51. The largest absolute Gasteiger partial charge is 0.273 e. The van der Waals surface area contributed by atoms with Crippen LogP contribution in [0.5, 0.6) is 0 Å². The number of hydrogen-bond donors (Lipinski definition) is 2. The van der Waals surface area contributed by atoms with Gasteiger partial charge in [-0.2, -0.15) is 16.9 Å². The lowest BCUT2D eigenvalue weighted by Crippen LogP contribution is -2.52. The molecule has 146 valence electrons. The van der Waals surface area contributed by atoms with Gasteiger partial charge in [-0.1, -0.05) is 36.4 Å². The second-order valence-corrected chi connectivity index (χ2v) is 9.44. The highest BCUT2D eigenvalue weighted by molar-refractivity contribution is 7.89. The van der Waals surface area contributed by atoms with Gasteiger partial charge in [-0.05, 0) is 29.3 Å². The monoisotopic (exact) mass is 417 g/mol. The molecule has 1 N–H and O–H groups in total. The van der Waals surface area contributed by atoms with Gasteiger partial charge in [-0.25, -0.2) is 13.4 Å². The third-order valence-corrected chi connectivity index (χ3v) is 7.13. The van der Waals surface area contributed by atoms with E-state index in [1.54, 1.807) is 24.3 Å². The predicted molar refractivity (Wildman–Crippen MR) is 108 cm³/mol. The lowest BCUT2D eigenvalue weighted by atomic mass is 10.1. The fraction of sp³-hybridized carbons (Fsp3) is 0.263. The van der Waals surface area contributed by atoms with Crippen molar-refractivity contribution >= 4 is 45.2 Å². The van der Waals surface area contributed by atoms with Crippen LogP contribution >= 0.6 is 12.6 Å². The number of carbonyl (C=O) groups is 2. The van der Waals surface area contributed by atoms with Crippen LogP contribution in [-0.2, 0) is 19.6 Å². The molecule has 2 atom stereocenters. The Bertz CT molecular complexity index is 1080. The molecule has 2 aliphatic rings. The van der Waals surface area contributed by atoms with Crippen molar-refractivity contribution in [2.75, 3.05) is 6.54 Å². The molecule has 0 spiro atoms. The van der Waals surface area contributed by atoms with Crippen molar-refractivity contribution in [2.45, 2.75) is 29.0 Å². The summed E-state index contributed by atoms with van der Waals surface area (Å²) in [6.45, 7) is 0.125. The van der Waals surface area contributed by atoms with Crippen LogP contribution in [0.2, 0.25) is 0 Å². The molecule has 0 radical (unpaired) electrons. The minimum Gasteiger partial charge on any atom is -0.273 e. The van der Waals surface area contributed by atoms with Gasteiger partial charge in [0.25, 0.3) is 5.91 Å². The fourth-order valence-corrected chi connectivity index (χ4v) is 5.67. The van der Waals surface area contributed by atoms with Crippen molar-refractivity contribution in [3.63, 3.8) is 0 Å². The van der Waals surface area contributed by atoms with Crippen LogP contribution in [0.15, 0.2) is 59.6 Å². The Kier molecular flexibility index (Phi) is 4.90. The number of thiol groups is 1. The normalized spacial score (nSPS) is 23.2. The average Bonchev–Trinajstić information content (AvgIpc) is 3.09.